The van der Waals surface area contributed by atoms with E-state index in [1.54, 1.807) is 36.4 Å². The van der Waals surface area contributed by atoms with E-state index < -0.39 is 9.89 Å². The summed E-state index contributed by atoms with van der Waals surface area (Å²) in [7, 11) is 0. The Morgan fingerprint density at radius 1 is 1.06 bits per heavy atom. The van der Waals surface area contributed by atoms with E-state index in [2.05, 4.69) is 26.6 Å². The summed E-state index contributed by atoms with van der Waals surface area (Å²) in [6.45, 7) is -0.369. The van der Waals surface area contributed by atoms with Crippen molar-refractivity contribution in [2.45, 2.75) is 12.9 Å². The lowest BCUT2D eigenvalue weighted by atomic mass is 10.3. The van der Waals surface area contributed by atoms with Crippen LogP contribution in [0.15, 0.2) is 68.2 Å². The van der Waals surface area contributed by atoms with Crippen LogP contribution in [0, 0.1) is 0 Å². The van der Waals surface area contributed by atoms with Gasteiger partial charge in [-0.1, -0.05) is 68.6 Å². The van der Waals surface area contributed by atoms with Crippen molar-refractivity contribution < 1.29 is 14.3 Å². The predicted molar refractivity (Wildman–Crippen MR) is 137 cm³/mol. The predicted octanol–water partition coefficient (Wildman–Crippen LogP) is 7.42. The number of benzene rings is 2. The van der Waals surface area contributed by atoms with E-state index in [1.165, 1.54) is 23.1 Å². The first-order valence-corrected chi connectivity index (χ1v) is 12.4. The number of nitrogen functional groups attached to an aromatic ring is 1. The Balaban J connectivity index is 1.60. The van der Waals surface area contributed by atoms with E-state index in [4.69, 9.17) is 45.3 Å². The molecule has 1 heterocycles. The largest absolute Gasteiger partial charge is 0.445 e. The molecule has 0 unspecified atom stereocenters. The summed E-state index contributed by atoms with van der Waals surface area (Å²) < 4.78 is 4.80. The van der Waals surface area contributed by atoms with Crippen LogP contribution in [-0.2, 0) is 4.74 Å². The molecule has 3 aromatic rings. The molecular weight excluding hydrogens is 581 g/mol. The molecule has 0 aliphatic heterocycles. The van der Waals surface area contributed by atoms with Gasteiger partial charge in [-0.2, -0.15) is 0 Å². The van der Waals surface area contributed by atoms with Crippen LogP contribution in [0.5, 0.6) is 0 Å². The van der Waals surface area contributed by atoms with Crippen LogP contribution in [0.4, 0.5) is 21.9 Å². The summed E-state index contributed by atoms with van der Waals surface area (Å²) >= 11 is 22.7. The molecule has 0 aliphatic rings. The quantitative estimate of drug-likeness (QED) is 0.258. The molecule has 32 heavy (non-hydrogen) atoms. The van der Waals surface area contributed by atoms with Crippen molar-refractivity contribution in [1.29, 1.82) is 0 Å². The zero-order valence-corrected chi connectivity index (χ0v) is 21.5. The van der Waals surface area contributed by atoms with Gasteiger partial charge in [-0.15, -0.1) is 11.3 Å². The van der Waals surface area contributed by atoms with Crippen molar-refractivity contribution in [3.63, 3.8) is 0 Å². The number of amides is 2. The highest BCUT2D eigenvalue weighted by Gasteiger charge is 2.22. The Morgan fingerprint density at radius 3 is 2.44 bits per heavy atom. The van der Waals surface area contributed by atoms with E-state index in [0.717, 1.165) is 13.6 Å². The van der Waals surface area contributed by atoms with Gasteiger partial charge in [0.15, 0.2) is 0 Å². The number of carbonyl (C=O) groups excluding carboxylic acids is 2. The van der Waals surface area contributed by atoms with E-state index in [0.29, 0.717) is 21.9 Å². The fourth-order valence-electron chi connectivity index (χ4n) is 2.35. The summed E-state index contributed by atoms with van der Waals surface area (Å²) in [5.41, 5.74) is 7.81. The summed E-state index contributed by atoms with van der Waals surface area (Å²) in [4.78, 5) is 25.6. The number of alkyl halides is 3. The van der Waals surface area contributed by atoms with Crippen LogP contribution in [0.25, 0.3) is 0 Å². The lowest BCUT2D eigenvalue weighted by Crippen LogP contribution is -2.21. The highest BCUT2D eigenvalue weighted by atomic mass is 79.9. The maximum atomic E-state index is 12.5. The number of ether oxygens (including phenoxy) is 1. The minimum Gasteiger partial charge on any atom is -0.445 e. The fraction of sp³-hybridized carbons (Fsp3) is 0.100. The van der Waals surface area contributed by atoms with Gasteiger partial charge < -0.3 is 15.8 Å². The maximum absolute atomic E-state index is 12.5. The Bertz CT molecular complexity index is 1120. The Hall–Kier alpha value is -1.62. The molecule has 0 bridgehead atoms. The molecule has 2 aromatic carbocycles. The van der Waals surface area contributed by atoms with Gasteiger partial charge in [-0.05, 0) is 48.5 Å². The molecule has 3 rings (SSSR count). The molecule has 168 valence electrons. The van der Waals surface area contributed by atoms with Crippen molar-refractivity contribution in [2.75, 3.05) is 23.0 Å². The van der Waals surface area contributed by atoms with Gasteiger partial charge in [0.25, 0.3) is 5.91 Å². The molecule has 1 aromatic heterocycles. The van der Waals surface area contributed by atoms with Gasteiger partial charge in [0.05, 0.1) is 14.8 Å². The number of anilines is 3. The molecule has 4 N–H and O–H groups in total. The fourth-order valence-corrected chi connectivity index (χ4v) is 5.01. The van der Waals surface area contributed by atoms with Gasteiger partial charge in [0.1, 0.15) is 6.61 Å². The minimum absolute atomic E-state index is 0.237. The van der Waals surface area contributed by atoms with Crippen LogP contribution in [0.1, 0.15) is 9.67 Å². The average molecular weight is 596 g/mol. The van der Waals surface area contributed by atoms with Crippen LogP contribution in [0.3, 0.4) is 0 Å². The normalized spacial score (nSPS) is 11.1. The first-order chi connectivity index (χ1) is 15.1. The molecule has 0 radical (unpaired) electrons. The van der Waals surface area contributed by atoms with Crippen molar-refractivity contribution in [3.8, 4) is 0 Å². The average Bonchev–Trinajstić information content (AvgIpc) is 3.08. The van der Waals surface area contributed by atoms with E-state index >= 15 is 0 Å². The molecule has 0 saturated carbocycles. The number of nitrogens with two attached hydrogens (primary N) is 1. The maximum Gasteiger partial charge on any atom is 0.411 e. The zero-order valence-electron chi connectivity index (χ0n) is 16.0. The van der Waals surface area contributed by atoms with Crippen LogP contribution in [-0.4, -0.2) is 22.4 Å². The van der Waals surface area contributed by atoms with Crippen molar-refractivity contribution in [3.05, 3.63) is 63.9 Å². The summed E-state index contributed by atoms with van der Waals surface area (Å²) in [6, 6.07) is 16.0. The molecule has 0 saturated heterocycles. The molecule has 6 nitrogen and oxygen atoms in total. The van der Waals surface area contributed by atoms with Gasteiger partial charge in [0.2, 0.25) is 3.79 Å². The van der Waals surface area contributed by atoms with Gasteiger partial charge in [-0.3, -0.25) is 10.1 Å². The second kappa shape index (κ2) is 11.0. The van der Waals surface area contributed by atoms with Gasteiger partial charge in [-0.25, -0.2) is 4.79 Å². The summed E-state index contributed by atoms with van der Waals surface area (Å²) in [6.07, 6.45) is -0.736. The van der Waals surface area contributed by atoms with Crippen LogP contribution >= 0.6 is 73.8 Å². The second-order valence-electron chi connectivity index (χ2n) is 6.26. The van der Waals surface area contributed by atoms with Crippen LogP contribution in [0.2, 0.25) is 0 Å². The standard InChI is InChI=1S/C20H15BrCl3N3O3S2/c21-11-2-1-3-13(8-11)26-17(28)16-9-15(25)18(32-16)31-14-6-4-12(5-7-14)27-19(29)30-10-20(22,23)24/h1-9H,10,25H2,(H,26,28)(H,27,29). The minimum atomic E-state index is -1.67. The first kappa shape index (κ1) is 25.0. The lowest BCUT2D eigenvalue weighted by Gasteiger charge is -2.12. The number of carbonyl (C=O) groups is 2. The smallest absolute Gasteiger partial charge is 0.411 e. The van der Waals surface area contributed by atoms with Crippen molar-refractivity contribution in [2.24, 2.45) is 0 Å². The third kappa shape index (κ3) is 7.75. The molecule has 12 heteroatoms. The number of rotatable bonds is 6. The van der Waals surface area contributed by atoms with E-state index in [1.807, 2.05) is 18.2 Å². The number of nitrogens with one attached hydrogen (secondary N) is 2. The SMILES string of the molecule is Nc1cc(C(=O)Nc2cccc(Br)c2)sc1Sc1ccc(NC(=O)OCC(Cl)(Cl)Cl)cc1. The van der Waals surface area contributed by atoms with Crippen molar-refractivity contribution in [1.82, 2.24) is 0 Å². The molecule has 0 atom stereocenters. The zero-order chi connectivity index (χ0) is 23.3. The van der Waals surface area contributed by atoms with E-state index in [-0.39, 0.29) is 12.5 Å². The Labute approximate surface area is 215 Å². The number of hydrogen-bond donors (Lipinski definition) is 3. The molecule has 0 fully saturated rings. The first-order valence-electron chi connectivity index (χ1n) is 8.84. The monoisotopic (exact) mass is 593 g/mol. The summed E-state index contributed by atoms with van der Waals surface area (Å²) in [5, 5.41) is 5.39. The van der Waals surface area contributed by atoms with E-state index in [9.17, 15) is 9.59 Å². The summed E-state index contributed by atoms with van der Waals surface area (Å²) in [5.74, 6) is -0.237. The third-order valence-electron chi connectivity index (χ3n) is 3.71. The molecular formula is C20H15BrCl3N3O3S2. The third-order valence-corrected chi connectivity index (χ3v) is 6.90. The highest BCUT2D eigenvalue weighted by molar-refractivity contribution is 9.10. The topological polar surface area (TPSA) is 93.5 Å². The molecule has 2 amide bonds. The number of hydrogen-bond acceptors (Lipinski definition) is 6. The number of thiophene rings is 1. The lowest BCUT2D eigenvalue weighted by molar-refractivity contribution is 0.103. The Morgan fingerprint density at radius 2 is 1.78 bits per heavy atom. The van der Waals surface area contributed by atoms with Crippen LogP contribution < -0.4 is 16.4 Å². The molecule has 0 aliphatic carbocycles. The van der Waals surface area contributed by atoms with Crippen molar-refractivity contribution >= 4 is 103 Å². The van der Waals surface area contributed by atoms with Gasteiger partial charge in [0, 0.05) is 20.7 Å². The Kier molecular flexibility index (Phi) is 8.60. The second-order valence-corrected chi connectivity index (χ2v) is 12.1. The number of halogens is 4. The molecule has 0 spiro atoms. The highest BCUT2D eigenvalue weighted by Crippen LogP contribution is 2.39. The van der Waals surface area contributed by atoms with Gasteiger partial charge >= 0.3 is 6.09 Å².